The molecule has 0 spiro atoms. The second-order valence-corrected chi connectivity index (χ2v) is 28.9. The fourth-order valence-electron chi connectivity index (χ4n) is 15.9. The number of rotatable bonds is 26. The summed E-state index contributed by atoms with van der Waals surface area (Å²) in [5, 5.41) is 36.6. The molecule has 515 valence electrons. The van der Waals surface area contributed by atoms with Crippen LogP contribution in [0.1, 0.15) is 157 Å². The van der Waals surface area contributed by atoms with Crippen LogP contribution in [0.15, 0.2) is 67.8 Å². The Labute approximate surface area is 557 Å². The second kappa shape index (κ2) is 28.4. The third kappa shape index (κ3) is 14.1. The molecule has 30 heteroatoms. The third-order valence-corrected chi connectivity index (χ3v) is 22.3. The van der Waals surface area contributed by atoms with Gasteiger partial charge in [-0.3, -0.25) is 57.6 Å². The van der Waals surface area contributed by atoms with Gasteiger partial charge in [0.25, 0.3) is 0 Å². The number of carbonyl (C=O) groups is 7. The summed E-state index contributed by atoms with van der Waals surface area (Å²) < 4.78 is 32.3. The van der Waals surface area contributed by atoms with E-state index in [9.17, 15) is 53.2 Å². The Morgan fingerprint density at radius 1 is 0.787 bits per heavy atom. The van der Waals surface area contributed by atoms with E-state index in [-0.39, 0.29) is 94.0 Å². The van der Waals surface area contributed by atoms with Crippen molar-refractivity contribution in [3.05, 3.63) is 75.8 Å². The molecule has 2 fully saturated rings. The van der Waals surface area contributed by atoms with Crippen LogP contribution in [0.25, 0.3) is 16.4 Å². The SMILES string of the molecule is CC1=C2N=C(/C=C3N=C(/C(C)=C4\[N-][C@](C)([C@@](C)(CC(N)=O)[C@@H]4CCC(N)=O)[C@]4(C)N=C1[C@](C)(CCC(=O)NC[C@@H](C)OP(=O)(O)O[C@H]1[C@@H](O)[C@@H](n5cnc6cc(C)c(C)cc65)O[C@@H]1CO)[C@H]4CC(N)=O)[C@@](C)(CC(N)=O)[C@@H]\3CCC(N)=O)C(C)(C)[C@@H]2CCC(N)=O.[C-]#N.[Co+2]. The normalized spacial score (nSPS) is 32.9. The molecule has 28 nitrogen and oxygen atoms in total. The zero-order valence-corrected chi connectivity index (χ0v) is 57.3. The van der Waals surface area contributed by atoms with E-state index in [1.165, 1.54) is 13.3 Å². The number of hydrogen-bond donors (Lipinski definition) is 10. The van der Waals surface area contributed by atoms with Crippen molar-refractivity contribution in [2.45, 2.75) is 195 Å². The van der Waals surface area contributed by atoms with Crippen LogP contribution >= 0.6 is 7.82 Å². The van der Waals surface area contributed by atoms with E-state index in [1.807, 2.05) is 87.4 Å². The number of aliphatic imine (C=N–C) groups is 3. The molecular weight excluding hydrogens is 1280 g/mol. The van der Waals surface area contributed by atoms with Crippen molar-refractivity contribution in [3.8, 4) is 0 Å². The molecule has 1 unspecified atom stereocenters. The van der Waals surface area contributed by atoms with E-state index < -0.39 is 143 Å². The van der Waals surface area contributed by atoms with Crippen molar-refractivity contribution < 1.29 is 83.8 Å². The van der Waals surface area contributed by atoms with E-state index in [2.05, 4.69) is 10.3 Å². The van der Waals surface area contributed by atoms with Gasteiger partial charge in [-0.1, -0.05) is 47.1 Å². The molecular formula is C64H91CoN14O14P. The number of nitrogens with zero attached hydrogens (tertiary/aromatic N) is 7. The number of nitrogens with one attached hydrogen (secondary N) is 1. The molecule has 2 saturated heterocycles. The zero-order chi connectivity index (χ0) is 69.6. The average Bonchev–Trinajstić information content (AvgIpc) is 1.50. The third-order valence-electron chi connectivity index (χ3n) is 21.2. The van der Waals surface area contributed by atoms with Crippen molar-refractivity contribution in [1.82, 2.24) is 14.9 Å². The summed E-state index contributed by atoms with van der Waals surface area (Å²) in [5.74, 6) is -7.46. The van der Waals surface area contributed by atoms with Crippen LogP contribution < -0.4 is 39.7 Å². The molecule has 1 aromatic heterocycles. The van der Waals surface area contributed by atoms with Gasteiger partial charge in [0.15, 0.2) is 6.23 Å². The second-order valence-electron chi connectivity index (χ2n) is 27.6. The van der Waals surface area contributed by atoms with E-state index in [0.717, 1.165) is 11.1 Å². The van der Waals surface area contributed by atoms with Gasteiger partial charge in [0, 0.05) is 114 Å². The van der Waals surface area contributed by atoms with E-state index in [1.54, 1.807) is 11.5 Å². The van der Waals surface area contributed by atoms with Crippen LogP contribution in [0, 0.1) is 71.0 Å². The fourth-order valence-corrected chi connectivity index (χ4v) is 17.0. The monoisotopic (exact) mass is 1370 g/mol. The molecule has 16 N–H and O–H groups in total. The molecule has 7 heterocycles. The van der Waals surface area contributed by atoms with Gasteiger partial charge >= 0.3 is 24.6 Å². The summed E-state index contributed by atoms with van der Waals surface area (Å²) in [6.07, 6.45) is -4.59. The number of phosphoric acid groups is 1. The number of aliphatic hydroxyl groups excluding tert-OH is 2. The van der Waals surface area contributed by atoms with Gasteiger partial charge in [0.2, 0.25) is 41.4 Å². The summed E-state index contributed by atoms with van der Waals surface area (Å²) >= 11 is 0. The number of carbonyl (C=O) groups excluding carboxylic acids is 7. The molecule has 1 aromatic carbocycles. The fraction of sp³-hybridized carbons (Fsp3) is 0.625. The van der Waals surface area contributed by atoms with Gasteiger partial charge in [-0.05, 0) is 119 Å². The number of aryl methyl sites for hydroxylation is 2. The average molecular weight is 1370 g/mol. The maximum Gasteiger partial charge on any atom is 2.00 e. The number of phosphoric ester groups is 1. The van der Waals surface area contributed by atoms with E-state index in [0.29, 0.717) is 56.4 Å². The van der Waals surface area contributed by atoms with Crippen LogP contribution in [0.5, 0.6) is 0 Å². The summed E-state index contributed by atoms with van der Waals surface area (Å²) in [4.78, 5) is 126. The molecule has 0 aliphatic carbocycles. The molecule has 15 atom stereocenters. The molecule has 7 amide bonds. The number of imidazole rings is 1. The Hall–Kier alpha value is -7.00. The number of aliphatic hydroxyl groups is 2. The molecule has 94 heavy (non-hydrogen) atoms. The maximum atomic E-state index is 14.4. The zero-order valence-electron chi connectivity index (χ0n) is 55.4. The number of aromatic nitrogens is 2. The first-order valence-corrected chi connectivity index (χ1v) is 32.6. The minimum absolute atomic E-state index is 0. The molecule has 8 bridgehead atoms. The molecule has 6 aliphatic rings. The Balaban J connectivity index is 0.00000462. The van der Waals surface area contributed by atoms with Crippen LogP contribution in [0.2, 0.25) is 0 Å². The van der Waals surface area contributed by atoms with Crippen molar-refractivity contribution >= 4 is 77.3 Å². The first-order valence-electron chi connectivity index (χ1n) is 31.1. The summed E-state index contributed by atoms with van der Waals surface area (Å²) in [6, 6.07) is 3.74. The summed E-state index contributed by atoms with van der Waals surface area (Å²) in [7, 11) is -5.08. The Bertz CT molecular complexity index is 3650. The number of primary amides is 6. The van der Waals surface area contributed by atoms with Crippen LogP contribution in [0.4, 0.5) is 0 Å². The van der Waals surface area contributed by atoms with Gasteiger partial charge in [-0.15, -0.1) is 0 Å². The van der Waals surface area contributed by atoms with Gasteiger partial charge in [-0.25, -0.2) is 9.55 Å². The molecule has 0 saturated carbocycles. The van der Waals surface area contributed by atoms with Gasteiger partial charge < -0.3 is 81.3 Å². The standard InChI is InChI=1S/C63H92N13O14P.CN.Co/c1-30-21-39-40(22-31(30)2)76(29-71-39)57-53(85)54(41(28-77)88-57)90-91(86,87)89-32(3)27-70-50(84)19-20-59(8)42(24-47(67)81)62(11)63(12)61(10,26-49(69)83)37(15-18-46(66)80)52(74-63)34(5)55-60(9,25-48(68)82)35(13-16-44(64)78)38(72-55)23-43-58(6,7)36(14-17-45(65)79)51(73-43)33(4)56(59)75-62;1-2;/h21-23,29,32,35-37,41-42,53-54,57,77,85H,13-20,24-28H2,1-12H3,(H15,64,65,66,67,68,69,70,72,73,74,75,78,79,80,81,82,83,84,86,87);;/q;-1;+2/p-1/t32-,35-,36-,37-,41-,42-,53-,54-,57+,59-,60+,61+,62-,63-;;/m1../s1. The number of nitrogens with two attached hydrogens (primary N) is 6. The number of hydrogen-bond acceptors (Lipinski definition) is 18. The van der Waals surface area contributed by atoms with Gasteiger partial charge in [0.05, 0.1) is 35.6 Å². The van der Waals surface area contributed by atoms with E-state index >= 15 is 0 Å². The Morgan fingerprint density at radius 3 is 1.93 bits per heavy atom. The Kier molecular flexibility index (Phi) is 22.9. The Morgan fingerprint density at radius 2 is 1.36 bits per heavy atom. The maximum absolute atomic E-state index is 14.4. The summed E-state index contributed by atoms with van der Waals surface area (Å²) in [6.45, 7) is 25.7. The van der Waals surface area contributed by atoms with Crippen molar-refractivity contribution in [1.29, 1.82) is 5.26 Å². The number of allylic oxidation sites excluding steroid dienone is 6. The van der Waals surface area contributed by atoms with Crippen LogP contribution in [-0.4, -0.2) is 132 Å². The largest absolute Gasteiger partial charge is 2.00 e. The predicted octanol–water partition coefficient (Wildman–Crippen LogP) is 4.43. The minimum atomic E-state index is -5.08. The van der Waals surface area contributed by atoms with Gasteiger partial charge in [-0.2, -0.15) is 5.70 Å². The first-order chi connectivity index (χ1) is 43.2. The predicted molar refractivity (Wildman–Crippen MR) is 343 cm³/mol. The van der Waals surface area contributed by atoms with Gasteiger partial charge in [0.1, 0.15) is 18.3 Å². The number of benzene rings is 1. The number of amides is 7. The summed E-state index contributed by atoms with van der Waals surface area (Å²) in [5.41, 5.74) is 35.2. The molecule has 6 aliphatic heterocycles. The van der Waals surface area contributed by atoms with E-state index in [4.69, 9.17) is 80.3 Å². The topological polar surface area (TPSA) is 486 Å². The molecule has 1 radical (unpaired) electrons. The van der Waals surface area contributed by atoms with Crippen molar-refractivity contribution in [2.24, 2.45) is 94.7 Å². The molecule has 8 rings (SSSR count). The van der Waals surface area contributed by atoms with Crippen LogP contribution in [0.3, 0.4) is 0 Å². The number of ether oxygens (including phenoxy) is 1. The van der Waals surface area contributed by atoms with Crippen LogP contribution in [-0.2, 0) is 68.7 Å². The minimum Gasteiger partial charge on any atom is -0.680 e. The quantitative estimate of drug-likeness (QED) is 0.0460. The molecule has 2 aromatic rings. The number of fused-ring (bicyclic) bond motifs is 7. The smallest absolute Gasteiger partial charge is 0.680 e. The first kappa shape index (κ1) is 76.0. The van der Waals surface area contributed by atoms with Crippen molar-refractivity contribution in [2.75, 3.05) is 13.2 Å². The van der Waals surface area contributed by atoms with Crippen molar-refractivity contribution in [3.63, 3.8) is 0 Å².